The fourth-order valence-corrected chi connectivity index (χ4v) is 3.20. The molecule has 26 heavy (non-hydrogen) atoms. The molecule has 2 aromatic heterocycles. The minimum atomic E-state index is -0.144. The number of halogens is 2. The predicted octanol–water partition coefficient (Wildman–Crippen LogP) is 4.68. The monoisotopic (exact) mass is 388 g/mol. The minimum Gasteiger partial charge on any atom is -0.310 e. The maximum atomic E-state index is 12.4. The van der Waals surface area contributed by atoms with Crippen molar-refractivity contribution in [2.45, 2.75) is 27.2 Å². The van der Waals surface area contributed by atoms with Gasteiger partial charge in [0.1, 0.15) is 5.82 Å². The second-order valence-electron chi connectivity index (χ2n) is 6.10. The lowest BCUT2D eigenvalue weighted by Crippen LogP contribution is -2.16. The Morgan fingerprint density at radius 1 is 1.15 bits per heavy atom. The summed E-state index contributed by atoms with van der Waals surface area (Å²) in [5.74, 6) is 0.387. The first-order valence-electron chi connectivity index (χ1n) is 8.08. The number of nitrogens with one attached hydrogen (secondary N) is 1. The Labute approximate surface area is 162 Å². The molecule has 7 heteroatoms. The van der Waals surface area contributed by atoms with E-state index in [1.165, 1.54) is 0 Å². The molecule has 2 heterocycles. The fourth-order valence-electron chi connectivity index (χ4n) is 2.71. The Morgan fingerprint density at radius 2 is 1.92 bits per heavy atom. The highest BCUT2D eigenvalue weighted by Crippen LogP contribution is 2.27. The summed E-state index contributed by atoms with van der Waals surface area (Å²) in [6, 6.07) is 8.92. The van der Waals surface area contributed by atoms with E-state index in [1.54, 1.807) is 29.1 Å². The molecule has 0 unspecified atom stereocenters. The van der Waals surface area contributed by atoms with Crippen LogP contribution in [0.15, 0.2) is 36.5 Å². The summed E-state index contributed by atoms with van der Waals surface area (Å²) in [6.07, 6.45) is 1.92. The van der Waals surface area contributed by atoms with Crippen LogP contribution in [0.2, 0.25) is 10.0 Å². The third kappa shape index (κ3) is 3.89. The highest BCUT2D eigenvalue weighted by Gasteiger charge is 2.17. The van der Waals surface area contributed by atoms with Gasteiger partial charge >= 0.3 is 0 Å². The number of hydrogen-bond acceptors (Lipinski definition) is 3. The Kier molecular flexibility index (Phi) is 5.30. The van der Waals surface area contributed by atoms with Crippen molar-refractivity contribution in [2.75, 3.05) is 5.32 Å². The van der Waals surface area contributed by atoms with Crippen LogP contribution in [0.1, 0.15) is 22.5 Å². The van der Waals surface area contributed by atoms with Crippen LogP contribution >= 0.6 is 23.2 Å². The lowest BCUT2D eigenvalue weighted by molar-refractivity contribution is -0.115. The van der Waals surface area contributed by atoms with Crippen LogP contribution in [0.4, 0.5) is 5.82 Å². The number of pyridine rings is 1. The van der Waals surface area contributed by atoms with Crippen molar-refractivity contribution in [2.24, 2.45) is 0 Å². The second kappa shape index (κ2) is 7.48. The molecule has 1 amide bonds. The van der Waals surface area contributed by atoms with E-state index in [0.29, 0.717) is 15.9 Å². The molecule has 1 N–H and O–H groups in total. The summed E-state index contributed by atoms with van der Waals surface area (Å²) in [7, 11) is 0. The molecule has 0 aliphatic carbocycles. The molecule has 134 valence electrons. The molecule has 0 spiro atoms. The topological polar surface area (TPSA) is 59.8 Å². The van der Waals surface area contributed by atoms with Gasteiger partial charge in [0.05, 0.1) is 22.8 Å². The highest BCUT2D eigenvalue weighted by atomic mass is 35.5. The molecule has 1 aromatic carbocycles. The molecule has 0 saturated heterocycles. The number of rotatable bonds is 4. The van der Waals surface area contributed by atoms with Gasteiger partial charge in [0.25, 0.3) is 0 Å². The van der Waals surface area contributed by atoms with E-state index in [1.807, 2.05) is 32.9 Å². The van der Waals surface area contributed by atoms with Crippen molar-refractivity contribution < 1.29 is 4.79 Å². The van der Waals surface area contributed by atoms with Crippen molar-refractivity contribution in [3.8, 4) is 5.69 Å². The average Bonchev–Trinajstić information content (AvgIpc) is 2.85. The van der Waals surface area contributed by atoms with Crippen molar-refractivity contribution in [3.63, 3.8) is 0 Å². The third-order valence-electron chi connectivity index (χ3n) is 4.10. The lowest BCUT2D eigenvalue weighted by atomic mass is 10.1. The summed E-state index contributed by atoms with van der Waals surface area (Å²) in [5, 5.41) is 8.41. The number of aromatic nitrogens is 3. The average molecular weight is 389 g/mol. The molecule has 0 bridgehead atoms. The molecule has 0 aliphatic rings. The number of aryl methyl sites for hydroxylation is 2. The summed E-state index contributed by atoms with van der Waals surface area (Å²) in [6.45, 7) is 5.74. The van der Waals surface area contributed by atoms with E-state index in [-0.39, 0.29) is 12.3 Å². The van der Waals surface area contributed by atoms with Gasteiger partial charge in [-0.25, -0.2) is 9.67 Å². The van der Waals surface area contributed by atoms with E-state index in [2.05, 4.69) is 15.4 Å². The molecular formula is C19H18Cl2N4O. The van der Waals surface area contributed by atoms with Gasteiger partial charge in [0, 0.05) is 22.5 Å². The van der Waals surface area contributed by atoms with E-state index in [0.717, 1.165) is 28.2 Å². The number of anilines is 1. The predicted molar refractivity (Wildman–Crippen MR) is 104 cm³/mol. The molecule has 0 radical (unpaired) electrons. The van der Waals surface area contributed by atoms with Gasteiger partial charge < -0.3 is 5.32 Å². The normalized spacial score (nSPS) is 10.8. The zero-order chi connectivity index (χ0) is 18.8. The lowest BCUT2D eigenvalue weighted by Gasteiger charge is -2.08. The first-order valence-corrected chi connectivity index (χ1v) is 8.84. The summed E-state index contributed by atoms with van der Waals surface area (Å²) in [4.78, 5) is 16.6. The van der Waals surface area contributed by atoms with Gasteiger partial charge in [0.2, 0.25) is 5.91 Å². The van der Waals surface area contributed by atoms with Crippen LogP contribution < -0.4 is 5.32 Å². The second-order valence-corrected chi connectivity index (χ2v) is 6.95. The van der Waals surface area contributed by atoms with Crippen LogP contribution in [0.25, 0.3) is 5.69 Å². The molecule has 5 nitrogen and oxygen atoms in total. The van der Waals surface area contributed by atoms with E-state index < -0.39 is 0 Å². The number of benzene rings is 1. The van der Waals surface area contributed by atoms with Gasteiger partial charge in [0.15, 0.2) is 0 Å². The van der Waals surface area contributed by atoms with Crippen LogP contribution in [0.5, 0.6) is 0 Å². The molecule has 0 aliphatic heterocycles. The van der Waals surface area contributed by atoms with Crippen LogP contribution in [0, 0.1) is 20.8 Å². The Bertz CT molecular complexity index is 964. The SMILES string of the molecule is Cc1ccc(NC(=O)Cc2c(C)nn(-c3ccc(Cl)cc3Cl)c2C)nc1. The number of carbonyl (C=O) groups is 1. The van der Waals surface area contributed by atoms with Crippen molar-refractivity contribution >= 4 is 34.9 Å². The van der Waals surface area contributed by atoms with E-state index in [4.69, 9.17) is 23.2 Å². The van der Waals surface area contributed by atoms with Crippen molar-refractivity contribution in [3.05, 3.63) is 69.1 Å². The fraction of sp³-hybridized carbons (Fsp3) is 0.211. The van der Waals surface area contributed by atoms with Crippen molar-refractivity contribution in [1.29, 1.82) is 0 Å². The number of nitrogens with zero attached hydrogens (tertiary/aromatic N) is 3. The smallest absolute Gasteiger partial charge is 0.230 e. The molecule has 0 atom stereocenters. The van der Waals surface area contributed by atoms with Crippen LogP contribution in [0.3, 0.4) is 0 Å². The van der Waals surface area contributed by atoms with E-state index in [9.17, 15) is 4.79 Å². The zero-order valence-corrected chi connectivity index (χ0v) is 16.2. The van der Waals surface area contributed by atoms with Crippen LogP contribution in [-0.2, 0) is 11.2 Å². The maximum Gasteiger partial charge on any atom is 0.230 e. The summed E-state index contributed by atoms with van der Waals surface area (Å²) >= 11 is 12.3. The minimum absolute atomic E-state index is 0.144. The quantitative estimate of drug-likeness (QED) is 0.705. The Balaban J connectivity index is 1.83. The third-order valence-corrected chi connectivity index (χ3v) is 4.63. The van der Waals surface area contributed by atoms with Gasteiger partial charge in [-0.05, 0) is 50.6 Å². The zero-order valence-electron chi connectivity index (χ0n) is 14.7. The molecule has 0 fully saturated rings. The Morgan fingerprint density at radius 3 is 2.58 bits per heavy atom. The molecule has 0 saturated carbocycles. The highest BCUT2D eigenvalue weighted by molar-refractivity contribution is 6.35. The van der Waals surface area contributed by atoms with Crippen LogP contribution in [-0.4, -0.2) is 20.7 Å². The molecule has 3 aromatic rings. The molecule has 3 rings (SSSR count). The standard InChI is InChI=1S/C19H18Cl2N4O/c1-11-4-7-18(22-10-11)23-19(26)9-15-12(2)24-25(13(15)3)17-6-5-14(20)8-16(17)21/h4-8,10H,9H2,1-3H3,(H,22,23,26). The van der Waals surface area contributed by atoms with Gasteiger partial charge in [-0.15, -0.1) is 0 Å². The van der Waals surface area contributed by atoms with Gasteiger partial charge in [-0.1, -0.05) is 29.3 Å². The first kappa shape index (κ1) is 18.4. The number of carbonyl (C=O) groups excluding carboxylic acids is 1. The van der Waals surface area contributed by atoms with Crippen molar-refractivity contribution in [1.82, 2.24) is 14.8 Å². The first-order chi connectivity index (χ1) is 12.3. The van der Waals surface area contributed by atoms with E-state index >= 15 is 0 Å². The number of hydrogen-bond donors (Lipinski definition) is 1. The van der Waals surface area contributed by atoms with Gasteiger partial charge in [-0.2, -0.15) is 5.10 Å². The molecular weight excluding hydrogens is 371 g/mol. The maximum absolute atomic E-state index is 12.4. The summed E-state index contributed by atoms with van der Waals surface area (Å²) < 4.78 is 1.74. The summed E-state index contributed by atoms with van der Waals surface area (Å²) in [5.41, 5.74) is 4.26. The van der Waals surface area contributed by atoms with Gasteiger partial charge in [-0.3, -0.25) is 4.79 Å². The largest absolute Gasteiger partial charge is 0.310 e. The Hall–Kier alpha value is -2.37. The number of amides is 1.